The summed E-state index contributed by atoms with van der Waals surface area (Å²) in [5.41, 5.74) is 7.77. The Kier molecular flexibility index (Phi) is 13.4. The van der Waals surface area contributed by atoms with Crippen LogP contribution >= 0.6 is 23.1 Å². The fraction of sp³-hybridized carbons (Fsp3) is 0.451. The van der Waals surface area contributed by atoms with Gasteiger partial charge in [0.2, 0.25) is 23.7 Å². The summed E-state index contributed by atoms with van der Waals surface area (Å²) >= 11 is 3.63. The summed E-state index contributed by atoms with van der Waals surface area (Å²) in [5.74, 6) is 0.864. The Balaban J connectivity index is 0.815. The number of benzene rings is 3. The van der Waals surface area contributed by atoms with Gasteiger partial charge in [0.1, 0.15) is 24.8 Å². The van der Waals surface area contributed by atoms with E-state index in [-0.39, 0.29) is 18.2 Å². The molecule has 4 aliphatic rings. The van der Waals surface area contributed by atoms with Crippen molar-refractivity contribution >= 4 is 91.5 Å². The van der Waals surface area contributed by atoms with Crippen LogP contribution in [0.2, 0.25) is 0 Å². The molecule has 17 heteroatoms. The third-order valence-electron chi connectivity index (χ3n) is 14.3. The maximum Gasteiger partial charge on any atom is 0.249 e. The van der Waals surface area contributed by atoms with E-state index in [1.165, 1.54) is 11.3 Å². The van der Waals surface area contributed by atoms with Crippen LogP contribution in [0.1, 0.15) is 68.8 Å². The van der Waals surface area contributed by atoms with E-state index >= 15 is 0 Å². The first-order chi connectivity index (χ1) is 32.5. The van der Waals surface area contributed by atoms with Gasteiger partial charge in [-0.1, -0.05) is 25.1 Å². The molecule has 0 spiro atoms. The van der Waals surface area contributed by atoms with Crippen molar-refractivity contribution in [3.05, 3.63) is 87.7 Å². The highest BCUT2D eigenvalue weighted by Gasteiger charge is 2.50. The second kappa shape index (κ2) is 19.2. The minimum atomic E-state index is -2.73. The van der Waals surface area contributed by atoms with E-state index in [2.05, 4.69) is 81.7 Å². The fourth-order valence-corrected chi connectivity index (χ4v) is 12.5. The first-order valence-corrected chi connectivity index (χ1v) is 27.2. The van der Waals surface area contributed by atoms with Gasteiger partial charge in [0, 0.05) is 98.3 Å². The molecule has 3 N–H and O–H groups in total. The zero-order chi connectivity index (χ0) is 48.1. The van der Waals surface area contributed by atoms with Crippen LogP contribution in [0.25, 0.3) is 10.9 Å². The number of fused-ring (bicyclic) bond motifs is 2. The Morgan fingerprint density at radius 1 is 0.897 bits per heavy atom. The van der Waals surface area contributed by atoms with E-state index in [1.807, 2.05) is 57.2 Å². The Labute approximate surface area is 407 Å². The van der Waals surface area contributed by atoms with Crippen LogP contribution in [-0.2, 0) is 37.2 Å². The molecule has 15 nitrogen and oxygen atoms in total. The molecule has 3 amide bonds. The van der Waals surface area contributed by atoms with Crippen molar-refractivity contribution in [2.75, 3.05) is 86.7 Å². The fourth-order valence-electron chi connectivity index (χ4n) is 10.8. The van der Waals surface area contributed by atoms with Gasteiger partial charge in [0.15, 0.2) is 0 Å². The van der Waals surface area contributed by atoms with Crippen LogP contribution < -0.4 is 35.8 Å². The standard InChI is InChI=1S/C51H62BrN10O5P/c1-8-32-28-39(56-50-53-30-36(52)47(58-50)55-38-15-14-37-35(13-12-31(2)54-37)46(38)68(6,7)66)43(67-5)29-42(32)61-22-19-34(20-23-61)60-26-24-59(25-27-60)21-18-33-10-9-11-40-45(33)51(3,4)49(65)62(40)41-16-17-44(63)57-48(41)64/h9-15,28-30,34,41H,8,16-27H2,1-7H3,(H,57,63,64)(H2,53,55,56,58). The lowest BCUT2D eigenvalue weighted by Crippen LogP contribution is -2.55. The molecule has 358 valence electrons. The number of piperidine rings is 2. The summed E-state index contributed by atoms with van der Waals surface area (Å²) in [5, 5.41) is 10.9. The first-order valence-electron chi connectivity index (χ1n) is 23.8. The zero-order valence-corrected chi connectivity index (χ0v) is 42.6. The lowest BCUT2D eigenvalue weighted by molar-refractivity contribution is -0.136. The van der Waals surface area contributed by atoms with E-state index in [0.717, 1.165) is 116 Å². The van der Waals surface area contributed by atoms with Crippen LogP contribution in [0.15, 0.2) is 65.3 Å². The third kappa shape index (κ3) is 9.36. The summed E-state index contributed by atoms with van der Waals surface area (Å²) in [6, 6.07) is 18.0. The number of piperazine rings is 1. The minimum absolute atomic E-state index is 0.0859. The van der Waals surface area contributed by atoms with Gasteiger partial charge in [-0.3, -0.25) is 34.5 Å². The van der Waals surface area contributed by atoms with Gasteiger partial charge in [-0.25, -0.2) is 4.98 Å². The molecule has 1 unspecified atom stereocenters. The molecule has 4 aliphatic heterocycles. The number of rotatable bonds is 13. The minimum Gasteiger partial charge on any atom is -0.494 e. The summed E-state index contributed by atoms with van der Waals surface area (Å²) in [4.78, 5) is 62.0. The van der Waals surface area contributed by atoms with Gasteiger partial charge in [0.25, 0.3) is 0 Å². The number of carbonyl (C=O) groups is 3. The van der Waals surface area contributed by atoms with Crippen LogP contribution in [0, 0.1) is 6.92 Å². The molecule has 3 fully saturated rings. The van der Waals surface area contributed by atoms with Gasteiger partial charge in [-0.15, -0.1) is 0 Å². The molecule has 3 saturated heterocycles. The first kappa shape index (κ1) is 47.6. The number of halogens is 1. The molecular weight excluding hydrogens is 944 g/mol. The number of hydrogen-bond donors (Lipinski definition) is 3. The Morgan fingerprint density at radius 3 is 2.37 bits per heavy atom. The van der Waals surface area contributed by atoms with Crippen molar-refractivity contribution in [3.63, 3.8) is 0 Å². The van der Waals surface area contributed by atoms with Gasteiger partial charge >= 0.3 is 0 Å². The molecule has 0 aliphatic carbocycles. The molecule has 2 aromatic heterocycles. The van der Waals surface area contributed by atoms with E-state index in [9.17, 15) is 18.9 Å². The quantitative estimate of drug-likeness (QED) is 0.0779. The molecule has 3 aromatic carbocycles. The Bertz CT molecular complexity index is 2840. The van der Waals surface area contributed by atoms with E-state index in [1.54, 1.807) is 31.5 Å². The van der Waals surface area contributed by atoms with E-state index in [4.69, 9.17) is 9.72 Å². The van der Waals surface area contributed by atoms with Crippen LogP contribution in [0.4, 0.5) is 34.5 Å². The number of nitrogens with zero attached hydrogens (tertiary/aromatic N) is 7. The second-order valence-electron chi connectivity index (χ2n) is 19.4. The predicted molar refractivity (Wildman–Crippen MR) is 274 cm³/mol. The number of amides is 3. The highest BCUT2D eigenvalue weighted by Crippen LogP contribution is 2.46. The number of ether oxygens (including phenoxy) is 1. The summed E-state index contributed by atoms with van der Waals surface area (Å²) in [7, 11) is -1.04. The van der Waals surface area contributed by atoms with Crippen molar-refractivity contribution in [2.45, 2.75) is 83.7 Å². The topological polar surface area (TPSA) is 165 Å². The number of aryl methyl sites for hydroxylation is 2. The highest BCUT2D eigenvalue weighted by atomic mass is 79.9. The molecule has 9 rings (SSSR count). The third-order valence-corrected chi connectivity index (χ3v) is 16.4. The van der Waals surface area contributed by atoms with Crippen molar-refractivity contribution in [3.8, 4) is 5.75 Å². The maximum absolute atomic E-state index is 13.8. The molecule has 6 heterocycles. The molecular formula is C51H62BrN10O5P. The molecule has 1 atom stereocenters. The number of carbonyl (C=O) groups excluding carboxylic acids is 3. The van der Waals surface area contributed by atoms with Gasteiger partial charge in [-0.05, 0) is 129 Å². The summed E-state index contributed by atoms with van der Waals surface area (Å²) in [6.45, 7) is 18.4. The largest absolute Gasteiger partial charge is 0.494 e. The van der Waals surface area contributed by atoms with E-state index in [0.29, 0.717) is 40.1 Å². The highest BCUT2D eigenvalue weighted by molar-refractivity contribution is 9.10. The average molecular weight is 1010 g/mol. The summed E-state index contributed by atoms with van der Waals surface area (Å²) < 4.78 is 20.3. The normalized spacial score (nSPS) is 19.4. The lowest BCUT2D eigenvalue weighted by Gasteiger charge is -2.43. The van der Waals surface area contributed by atoms with Crippen molar-refractivity contribution in [1.82, 2.24) is 30.1 Å². The van der Waals surface area contributed by atoms with Crippen LogP contribution in [0.5, 0.6) is 5.75 Å². The number of hydrogen-bond acceptors (Lipinski definition) is 13. The maximum atomic E-state index is 13.8. The van der Waals surface area contributed by atoms with Crippen molar-refractivity contribution < 1.29 is 23.7 Å². The van der Waals surface area contributed by atoms with E-state index < -0.39 is 24.5 Å². The van der Waals surface area contributed by atoms with Crippen LogP contribution in [0.3, 0.4) is 0 Å². The van der Waals surface area contributed by atoms with Crippen molar-refractivity contribution in [1.29, 1.82) is 0 Å². The van der Waals surface area contributed by atoms with Crippen LogP contribution in [-0.4, -0.2) is 121 Å². The number of pyridine rings is 1. The molecule has 0 bridgehead atoms. The van der Waals surface area contributed by atoms with Gasteiger partial charge in [-0.2, -0.15) is 4.98 Å². The average Bonchev–Trinajstić information content (AvgIpc) is 3.52. The number of anilines is 6. The molecule has 5 aromatic rings. The number of aromatic nitrogens is 3. The second-order valence-corrected chi connectivity index (χ2v) is 23.4. The Hall–Kier alpha value is -5.41. The lowest BCUT2D eigenvalue weighted by atomic mass is 9.82. The number of imide groups is 1. The molecule has 0 radical (unpaired) electrons. The van der Waals surface area contributed by atoms with Gasteiger partial charge in [0.05, 0.1) is 33.9 Å². The number of nitrogens with one attached hydrogen (secondary N) is 3. The molecule has 68 heavy (non-hydrogen) atoms. The summed E-state index contributed by atoms with van der Waals surface area (Å²) in [6.07, 6.45) is 6.09. The zero-order valence-electron chi connectivity index (χ0n) is 40.1. The Morgan fingerprint density at radius 2 is 1.66 bits per heavy atom. The SMILES string of the molecule is CCc1cc(Nc2ncc(Br)c(Nc3ccc4nc(C)ccc4c3P(C)(C)=O)n2)c(OC)cc1N1CCC(N2CCN(CCc3cccc4c3C(C)(C)C(=O)N4C3CCC(=O)NC3=O)CC2)CC1. The van der Waals surface area contributed by atoms with Gasteiger partial charge < -0.3 is 29.7 Å². The monoisotopic (exact) mass is 1000 g/mol. The number of methoxy groups -OCH3 is 1. The van der Waals surface area contributed by atoms with Crippen molar-refractivity contribution in [2.24, 2.45) is 0 Å². The smallest absolute Gasteiger partial charge is 0.249 e. The molecule has 0 saturated carbocycles. The predicted octanol–water partition coefficient (Wildman–Crippen LogP) is 7.66.